The first-order valence-corrected chi connectivity index (χ1v) is 7.61. The standard InChI is InChI=1S/C18H19FN2O5/c1-24-13-8-12(9-14(10-13)25-2)18(23)21-20-17(22)7-11-4-5-16(26-3)15(19)6-11/h4-6,8-10H,7H2,1-3H3,(H,20,22)(H,21,23). The highest BCUT2D eigenvalue weighted by Gasteiger charge is 2.12. The van der Waals surface area contributed by atoms with Gasteiger partial charge in [-0.25, -0.2) is 4.39 Å². The predicted molar refractivity (Wildman–Crippen MR) is 91.8 cm³/mol. The van der Waals surface area contributed by atoms with Crippen LogP contribution in [0.1, 0.15) is 15.9 Å². The van der Waals surface area contributed by atoms with E-state index in [4.69, 9.17) is 14.2 Å². The topological polar surface area (TPSA) is 85.9 Å². The molecule has 138 valence electrons. The molecule has 2 aromatic rings. The van der Waals surface area contributed by atoms with Gasteiger partial charge in [0.2, 0.25) is 5.91 Å². The zero-order valence-electron chi connectivity index (χ0n) is 14.6. The van der Waals surface area contributed by atoms with E-state index in [0.29, 0.717) is 17.1 Å². The fraction of sp³-hybridized carbons (Fsp3) is 0.222. The molecular weight excluding hydrogens is 343 g/mol. The molecule has 0 aliphatic heterocycles. The fourth-order valence-corrected chi connectivity index (χ4v) is 2.19. The highest BCUT2D eigenvalue weighted by atomic mass is 19.1. The second-order valence-corrected chi connectivity index (χ2v) is 5.25. The van der Waals surface area contributed by atoms with Crippen molar-refractivity contribution in [2.45, 2.75) is 6.42 Å². The van der Waals surface area contributed by atoms with Crippen LogP contribution in [0.15, 0.2) is 36.4 Å². The number of carbonyl (C=O) groups is 2. The van der Waals surface area contributed by atoms with Crippen LogP contribution in [-0.4, -0.2) is 33.1 Å². The summed E-state index contributed by atoms with van der Waals surface area (Å²) in [5.41, 5.74) is 5.26. The molecule has 8 heteroatoms. The summed E-state index contributed by atoms with van der Waals surface area (Å²) in [5.74, 6) is -0.641. The smallest absolute Gasteiger partial charge is 0.269 e. The Morgan fingerprint density at radius 2 is 1.58 bits per heavy atom. The molecule has 2 aromatic carbocycles. The normalized spacial score (nSPS) is 10.0. The van der Waals surface area contributed by atoms with Crippen LogP contribution < -0.4 is 25.1 Å². The van der Waals surface area contributed by atoms with E-state index in [9.17, 15) is 14.0 Å². The molecule has 2 rings (SSSR count). The molecule has 0 aliphatic carbocycles. The van der Waals surface area contributed by atoms with Crippen molar-refractivity contribution in [3.63, 3.8) is 0 Å². The summed E-state index contributed by atoms with van der Waals surface area (Å²) < 4.78 is 28.6. The van der Waals surface area contributed by atoms with Gasteiger partial charge in [-0.3, -0.25) is 20.4 Å². The lowest BCUT2D eigenvalue weighted by molar-refractivity contribution is -0.121. The van der Waals surface area contributed by atoms with Gasteiger partial charge in [0.25, 0.3) is 5.91 Å². The third kappa shape index (κ3) is 4.85. The molecule has 26 heavy (non-hydrogen) atoms. The number of rotatable bonds is 6. The number of benzene rings is 2. The maximum atomic E-state index is 13.6. The number of amides is 2. The molecule has 0 heterocycles. The summed E-state index contributed by atoms with van der Waals surface area (Å²) >= 11 is 0. The van der Waals surface area contributed by atoms with Gasteiger partial charge in [-0.1, -0.05) is 6.07 Å². The van der Waals surface area contributed by atoms with E-state index in [-0.39, 0.29) is 17.7 Å². The second-order valence-electron chi connectivity index (χ2n) is 5.25. The van der Waals surface area contributed by atoms with E-state index in [1.54, 1.807) is 12.1 Å². The largest absolute Gasteiger partial charge is 0.497 e. The van der Waals surface area contributed by atoms with Crippen LogP contribution >= 0.6 is 0 Å². The van der Waals surface area contributed by atoms with E-state index in [2.05, 4.69) is 10.9 Å². The van der Waals surface area contributed by atoms with Gasteiger partial charge in [-0.05, 0) is 29.8 Å². The first-order chi connectivity index (χ1) is 12.5. The van der Waals surface area contributed by atoms with Crippen LogP contribution in [0.3, 0.4) is 0 Å². The zero-order valence-corrected chi connectivity index (χ0v) is 14.6. The molecule has 0 bridgehead atoms. The van der Waals surface area contributed by atoms with Crippen molar-refractivity contribution < 1.29 is 28.2 Å². The van der Waals surface area contributed by atoms with Gasteiger partial charge in [0.05, 0.1) is 27.8 Å². The molecular formula is C18H19FN2O5. The van der Waals surface area contributed by atoms with Crippen LogP contribution in [0, 0.1) is 5.82 Å². The first-order valence-electron chi connectivity index (χ1n) is 7.61. The van der Waals surface area contributed by atoms with Crippen LogP contribution in [-0.2, 0) is 11.2 Å². The molecule has 0 aliphatic rings. The highest BCUT2D eigenvalue weighted by Crippen LogP contribution is 2.22. The van der Waals surface area contributed by atoms with E-state index < -0.39 is 17.6 Å². The van der Waals surface area contributed by atoms with Gasteiger partial charge in [-0.2, -0.15) is 0 Å². The molecule has 0 fully saturated rings. The van der Waals surface area contributed by atoms with Gasteiger partial charge in [0, 0.05) is 11.6 Å². The lowest BCUT2D eigenvalue weighted by atomic mass is 10.1. The van der Waals surface area contributed by atoms with Crippen LogP contribution in [0.2, 0.25) is 0 Å². The van der Waals surface area contributed by atoms with Gasteiger partial charge < -0.3 is 14.2 Å². The lowest BCUT2D eigenvalue weighted by Crippen LogP contribution is -2.42. The number of methoxy groups -OCH3 is 3. The second kappa shape index (κ2) is 8.70. The summed E-state index contributed by atoms with van der Waals surface area (Å²) in [6.07, 6.45) is -0.109. The van der Waals surface area contributed by atoms with Crippen molar-refractivity contribution in [2.75, 3.05) is 21.3 Å². The molecule has 0 radical (unpaired) electrons. The Hall–Kier alpha value is -3.29. The van der Waals surface area contributed by atoms with E-state index in [1.165, 1.54) is 45.6 Å². The monoisotopic (exact) mass is 362 g/mol. The zero-order chi connectivity index (χ0) is 19.1. The number of hydrogen-bond acceptors (Lipinski definition) is 5. The van der Waals surface area contributed by atoms with Crippen molar-refractivity contribution in [3.05, 3.63) is 53.3 Å². The molecule has 0 atom stereocenters. The summed E-state index contributed by atoms with van der Waals surface area (Å²) in [6.45, 7) is 0. The Bertz CT molecular complexity index is 788. The maximum Gasteiger partial charge on any atom is 0.269 e. The van der Waals surface area contributed by atoms with Crippen LogP contribution in [0.5, 0.6) is 17.2 Å². The van der Waals surface area contributed by atoms with Crippen LogP contribution in [0.4, 0.5) is 4.39 Å². The Labute approximate surface area is 150 Å². The van der Waals surface area contributed by atoms with E-state index in [0.717, 1.165) is 0 Å². The van der Waals surface area contributed by atoms with Crippen molar-refractivity contribution in [1.29, 1.82) is 0 Å². The Morgan fingerprint density at radius 3 is 2.12 bits per heavy atom. The average Bonchev–Trinajstić information content (AvgIpc) is 2.65. The number of carbonyl (C=O) groups excluding carboxylic acids is 2. The number of nitrogens with one attached hydrogen (secondary N) is 2. The minimum atomic E-state index is -0.565. The Balaban J connectivity index is 1.96. The molecule has 0 spiro atoms. The van der Waals surface area contributed by atoms with Gasteiger partial charge in [0.15, 0.2) is 11.6 Å². The van der Waals surface area contributed by atoms with Crippen molar-refractivity contribution in [2.24, 2.45) is 0 Å². The van der Waals surface area contributed by atoms with Crippen molar-refractivity contribution >= 4 is 11.8 Å². The van der Waals surface area contributed by atoms with Crippen molar-refractivity contribution in [1.82, 2.24) is 10.9 Å². The summed E-state index contributed by atoms with van der Waals surface area (Å²) in [4.78, 5) is 24.1. The summed E-state index contributed by atoms with van der Waals surface area (Å²) in [7, 11) is 4.28. The molecule has 0 unspecified atom stereocenters. The third-order valence-corrected chi connectivity index (χ3v) is 3.51. The number of ether oxygens (including phenoxy) is 3. The Morgan fingerprint density at radius 1 is 0.923 bits per heavy atom. The Kier molecular flexibility index (Phi) is 6.37. The minimum absolute atomic E-state index is 0.0921. The van der Waals surface area contributed by atoms with Gasteiger partial charge in [0.1, 0.15) is 11.5 Å². The third-order valence-electron chi connectivity index (χ3n) is 3.51. The molecule has 0 saturated carbocycles. The molecule has 7 nitrogen and oxygen atoms in total. The average molecular weight is 362 g/mol. The molecule has 2 N–H and O–H groups in total. The summed E-state index contributed by atoms with van der Waals surface area (Å²) in [5, 5.41) is 0. The summed E-state index contributed by atoms with van der Waals surface area (Å²) in [6, 6.07) is 8.82. The number of hydrazine groups is 1. The SMILES string of the molecule is COc1cc(OC)cc(C(=O)NNC(=O)Cc2ccc(OC)c(F)c2)c1. The first kappa shape index (κ1) is 19.0. The van der Waals surface area contributed by atoms with E-state index >= 15 is 0 Å². The lowest BCUT2D eigenvalue weighted by Gasteiger charge is -2.10. The fourth-order valence-electron chi connectivity index (χ4n) is 2.19. The molecule has 0 saturated heterocycles. The maximum absolute atomic E-state index is 13.6. The van der Waals surface area contributed by atoms with Crippen molar-refractivity contribution in [3.8, 4) is 17.2 Å². The van der Waals surface area contributed by atoms with Crippen LogP contribution in [0.25, 0.3) is 0 Å². The van der Waals surface area contributed by atoms with Gasteiger partial charge in [-0.15, -0.1) is 0 Å². The predicted octanol–water partition coefficient (Wildman–Crippen LogP) is 1.86. The quantitative estimate of drug-likeness (QED) is 0.766. The molecule has 2 amide bonds. The molecule has 0 aromatic heterocycles. The van der Waals surface area contributed by atoms with Gasteiger partial charge >= 0.3 is 0 Å². The highest BCUT2D eigenvalue weighted by molar-refractivity contribution is 5.96. The number of halogens is 1. The number of hydrogen-bond donors (Lipinski definition) is 2. The minimum Gasteiger partial charge on any atom is -0.497 e. The van der Waals surface area contributed by atoms with E-state index in [1.807, 2.05) is 0 Å².